The van der Waals surface area contributed by atoms with Gasteiger partial charge in [0, 0.05) is 38.2 Å². The van der Waals surface area contributed by atoms with Crippen molar-refractivity contribution in [1.82, 2.24) is 10.4 Å². The first-order valence-corrected chi connectivity index (χ1v) is 10.1. The Bertz CT molecular complexity index is 883. The fraction of sp³-hybridized carbons (Fsp3) is 0.550. The number of carbonyl (C=O) groups excluding carboxylic acids is 3. The Morgan fingerprint density at radius 2 is 1.85 bits per heavy atom. The molecule has 1 atom stereocenters. The molecule has 14 heteroatoms. The molecule has 0 bridgehead atoms. The smallest absolute Gasteiger partial charge is 0.414 e. The maximum absolute atomic E-state index is 14.9. The highest BCUT2D eigenvalue weighted by Gasteiger charge is 2.34. The highest BCUT2D eigenvalue weighted by atomic mass is 19.3. The van der Waals surface area contributed by atoms with Crippen LogP contribution in [0.5, 0.6) is 0 Å². The summed E-state index contributed by atoms with van der Waals surface area (Å²) in [6, 6.07) is 1.89. The van der Waals surface area contributed by atoms with Crippen molar-refractivity contribution in [2.45, 2.75) is 26.4 Å². The summed E-state index contributed by atoms with van der Waals surface area (Å²) in [5.74, 6) is -3.75. The predicted molar refractivity (Wildman–Crippen MR) is 113 cm³/mol. The third-order valence-corrected chi connectivity index (χ3v) is 5.02. The summed E-state index contributed by atoms with van der Waals surface area (Å²) in [7, 11) is 0. The van der Waals surface area contributed by atoms with Crippen LogP contribution in [0.3, 0.4) is 0 Å². The minimum absolute atomic E-state index is 0. The van der Waals surface area contributed by atoms with Gasteiger partial charge in [0.25, 0.3) is 5.91 Å². The molecule has 190 valence electrons. The van der Waals surface area contributed by atoms with Crippen LogP contribution in [0.2, 0.25) is 0 Å². The highest BCUT2D eigenvalue weighted by Crippen LogP contribution is 2.31. The van der Waals surface area contributed by atoms with Crippen LogP contribution in [0.1, 0.15) is 13.8 Å². The van der Waals surface area contributed by atoms with E-state index in [1.807, 2.05) is 5.32 Å². The molecule has 2 fully saturated rings. The van der Waals surface area contributed by atoms with E-state index >= 15 is 0 Å². The zero-order valence-electron chi connectivity index (χ0n) is 17.4. The molecular formula is C20H27F4N5O5. The van der Waals surface area contributed by atoms with Crippen molar-refractivity contribution >= 4 is 29.3 Å². The van der Waals surface area contributed by atoms with E-state index in [9.17, 15) is 31.9 Å². The molecule has 34 heavy (non-hydrogen) atoms. The lowest BCUT2D eigenvalue weighted by Crippen LogP contribution is -2.37. The lowest BCUT2D eigenvalue weighted by Gasteiger charge is -2.24. The highest BCUT2D eigenvalue weighted by molar-refractivity contribution is 5.90. The number of nitrogens with two attached hydrogens (primary N) is 1. The number of ether oxygens (including phenoxy) is 1. The van der Waals surface area contributed by atoms with Gasteiger partial charge in [-0.25, -0.2) is 18.6 Å². The number of benzene rings is 1. The number of hydroxylamine groups is 2. The normalized spacial score (nSPS) is 18.5. The first-order chi connectivity index (χ1) is 15.7. The second-order valence-corrected chi connectivity index (χ2v) is 7.28. The second-order valence-electron chi connectivity index (χ2n) is 7.28. The van der Waals surface area contributed by atoms with E-state index in [-0.39, 0.29) is 77.0 Å². The number of nitrogens with zero attached hydrogens (tertiary/aromatic N) is 3. The molecule has 10 nitrogen and oxygen atoms in total. The van der Waals surface area contributed by atoms with Gasteiger partial charge in [-0.05, 0) is 0 Å². The molecule has 3 amide bonds. The standard InChI is InChI=1S/C19H23F4N5O5.CH4/c20-13-7-11(27-10-12(33-19(27)31)9-25-18(30)17(22)23)8-14(21)16(13)26-3-4-28(32-6-5-26)15(29)1-2-24;/h7-8,12,17H,1-6,9-10,24H2,(H,25,30);1H4/t12-;/m0./s1. The number of amides is 3. The van der Waals surface area contributed by atoms with E-state index in [0.717, 1.165) is 22.1 Å². The van der Waals surface area contributed by atoms with E-state index in [2.05, 4.69) is 0 Å². The fourth-order valence-corrected chi connectivity index (χ4v) is 3.46. The largest absolute Gasteiger partial charge is 0.442 e. The van der Waals surface area contributed by atoms with Gasteiger partial charge in [0.05, 0.1) is 31.9 Å². The van der Waals surface area contributed by atoms with Crippen molar-refractivity contribution in [1.29, 1.82) is 0 Å². The van der Waals surface area contributed by atoms with Crippen LogP contribution in [-0.4, -0.2) is 81.4 Å². The predicted octanol–water partition coefficient (Wildman–Crippen LogP) is 1.24. The van der Waals surface area contributed by atoms with Gasteiger partial charge in [-0.1, -0.05) is 7.43 Å². The molecule has 2 aliphatic heterocycles. The maximum Gasteiger partial charge on any atom is 0.414 e. The van der Waals surface area contributed by atoms with Crippen LogP contribution < -0.4 is 20.9 Å². The van der Waals surface area contributed by atoms with Crippen LogP contribution in [0.4, 0.5) is 33.7 Å². The van der Waals surface area contributed by atoms with Gasteiger partial charge in [0.15, 0.2) is 11.6 Å². The molecule has 0 spiro atoms. The van der Waals surface area contributed by atoms with Crippen LogP contribution in [0.25, 0.3) is 0 Å². The summed E-state index contributed by atoms with van der Waals surface area (Å²) >= 11 is 0. The van der Waals surface area contributed by atoms with Crippen LogP contribution in [0, 0.1) is 11.6 Å². The Hall–Kier alpha value is -3.13. The Morgan fingerprint density at radius 3 is 2.47 bits per heavy atom. The molecule has 3 rings (SSSR count). The molecule has 2 aliphatic rings. The quantitative estimate of drug-likeness (QED) is 0.549. The second kappa shape index (κ2) is 11.8. The number of halogens is 4. The molecule has 1 aromatic rings. The Labute approximate surface area is 193 Å². The molecule has 0 aromatic heterocycles. The summed E-state index contributed by atoms with van der Waals surface area (Å²) in [6.07, 6.45) is -5.04. The minimum Gasteiger partial charge on any atom is -0.442 e. The monoisotopic (exact) mass is 493 g/mol. The third-order valence-electron chi connectivity index (χ3n) is 5.02. The summed E-state index contributed by atoms with van der Waals surface area (Å²) in [4.78, 5) is 42.7. The number of carbonyl (C=O) groups is 3. The zero-order chi connectivity index (χ0) is 24.1. The van der Waals surface area contributed by atoms with E-state index in [1.165, 1.54) is 4.90 Å². The Morgan fingerprint density at radius 1 is 1.18 bits per heavy atom. The molecule has 1 aromatic carbocycles. The lowest BCUT2D eigenvalue weighted by molar-refractivity contribution is -0.181. The number of cyclic esters (lactones) is 1. The number of nitrogens with one attached hydrogen (secondary N) is 1. The van der Waals surface area contributed by atoms with E-state index in [0.29, 0.717) is 0 Å². The molecule has 2 heterocycles. The molecule has 0 radical (unpaired) electrons. The van der Waals surface area contributed by atoms with Gasteiger partial charge in [-0.3, -0.25) is 19.3 Å². The van der Waals surface area contributed by atoms with Gasteiger partial charge < -0.3 is 20.7 Å². The number of rotatable bonds is 7. The molecule has 3 N–H and O–H groups in total. The minimum atomic E-state index is -3.22. The summed E-state index contributed by atoms with van der Waals surface area (Å²) in [5.41, 5.74) is 4.89. The van der Waals surface area contributed by atoms with Gasteiger partial charge in [-0.15, -0.1) is 0 Å². The molecule has 0 saturated carbocycles. The van der Waals surface area contributed by atoms with Crippen molar-refractivity contribution in [3.8, 4) is 0 Å². The van der Waals surface area contributed by atoms with Gasteiger partial charge in [0.2, 0.25) is 5.91 Å². The Balaban J connectivity index is 0.00000408. The SMILES string of the molecule is C.NCCC(=O)N1CCN(c2c(F)cc(N3C[C@H](CNC(=O)C(F)F)OC3=O)cc2F)CCO1. The van der Waals surface area contributed by atoms with Crippen LogP contribution >= 0.6 is 0 Å². The number of alkyl halides is 2. The number of anilines is 2. The van der Waals surface area contributed by atoms with Crippen molar-refractivity contribution in [3.63, 3.8) is 0 Å². The molecular weight excluding hydrogens is 466 g/mol. The van der Waals surface area contributed by atoms with Crippen molar-refractivity contribution in [2.75, 3.05) is 55.7 Å². The number of hydrogen-bond acceptors (Lipinski definition) is 7. The summed E-state index contributed by atoms with van der Waals surface area (Å²) in [5, 5.41) is 3.04. The van der Waals surface area contributed by atoms with Gasteiger partial charge >= 0.3 is 12.5 Å². The van der Waals surface area contributed by atoms with Crippen molar-refractivity contribution < 1.29 is 41.5 Å². The van der Waals surface area contributed by atoms with Crippen LogP contribution in [-0.2, 0) is 19.2 Å². The first kappa shape index (κ1) is 27.1. The first-order valence-electron chi connectivity index (χ1n) is 10.1. The zero-order valence-corrected chi connectivity index (χ0v) is 17.4. The fourth-order valence-electron chi connectivity index (χ4n) is 3.46. The summed E-state index contributed by atoms with van der Waals surface area (Å²) < 4.78 is 59.3. The maximum atomic E-state index is 14.9. The van der Waals surface area contributed by atoms with E-state index in [4.69, 9.17) is 15.3 Å². The van der Waals surface area contributed by atoms with Crippen LogP contribution in [0.15, 0.2) is 12.1 Å². The third kappa shape index (κ3) is 6.26. The molecule has 0 unspecified atom stereocenters. The molecule has 0 aliphatic carbocycles. The van der Waals surface area contributed by atoms with Crippen molar-refractivity contribution in [2.24, 2.45) is 5.73 Å². The van der Waals surface area contributed by atoms with Gasteiger partial charge in [0.1, 0.15) is 11.8 Å². The topological polar surface area (TPSA) is 117 Å². The Kier molecular flexibility index (Phi) is 9.44. The summed E-state index contributed by atoms with van der Waals surface area (Å²) in [6.45, 7) is -0.132. The van der Waals surface area contributed by atoms with E-state index in [1.54, 1.807) is 0 Å². The van der Waals surface area contributed by atoms with Crippen molar-refractivity contribution in [3.05, 3.63) is 23.8 Å². The lowest BCUT2D eigenvalue weighted by atomic mass is 10.2. The van der Waals surface area contributed by atoms with Gasteiger partial charge in [-0.2, -0.15) is 8.78 Å². The number of hydrogen-bond donors (Lipinski definition) is 2. The average Bonchev–Trinajstić information content (AvgIpc) is 2.96. The average molecular weight is 493 g/mol. The molecule has 2 saturated heterocycles. The van der Waals surface area contributed by atoms with E-state index < -0.39 is 36.2 Å².